The molecule has 10 heteroatoms. The second-order valence-corrected chi connectivity index (χ2v) is 7.80. The number of anilines is 1. The summed E-state index contributed by atoms with van der Waals surface area (Å²) in [6, 6.07) is 8.31. The lowest BCUT2D eigenvalue weighted by molar-refractivity contribution is -0.136. The third-order valence-corrected chi connectivity index (χ3v) is 5.48. The number of phenols is 1. The molecule has 4 N–H and O–H groups in total. The molecule has 1 saturated heterocycles. The smallest absolute Gasteiger partial charge is 0.319 e. The molecule has 9 nitrogen and oxygen atoms in total. The van der Waals surface area contributed by atoms with E-state index in [4.69, 9.17) is 11.6 Å². The van der Waals surface area contributed by atoms with Gasteiger partial charge in [-0.3, -0.25) is 19.7 Å². The van der Waals surface area contributed by atoms with Gasteiger partial charge in [0, 0.05) is 30.1 Å². The van der Waals surface area contributed by atoms with Gasteiger partial charge in [0.25, 0.3) is 5.91 Å². The number of carbonyl (C=O) groups excluding carboxylic acids is 4. The van der Waals surface area contributed by atoms with Crippen LogP contribution in [0, 0.1) is 0 Å². The fourth-order valence-corrected chi connectivity index (χ4v) is 3.87. The van der Waals surface area contributed by atoms with Gasteiger partial charge in [0.05, 0.1) is 5.69 Å². The molecule has 1 atom stereocenters. The van der Waals surface area contributed by atoms with Gasteiger partial charge in [-0.15, -0.1) is 0 Å². The highest BCUT2D eigenvalue weighted by Crippen LogP contribution is 2.29. The van der Waals surface area contributed by atoms with Crippen LogP contribution in [-0.2, 0) is 22.7 Å². The Labute approximate surface area is 182 Å². The normalized spacial score (nSPS) is 17.9. The molecule has 2 aromatic carbocycles. The van der Waals surface area contributed by atoms with Crippen LogP contribution in [0.15, 0.2) is 36.4 Å². The Bertz CT molecular complexity index is 1100. The summed E-state index contributed by atoms with van der Waals surface area (Å²) in [6.45, 7) is 0.448. The maximum Gasteiger partial charge on any atom is 0.319 e. The summed E-state index contributed by atoms with van der Waals surface area (Å²) in [5.74, 6) is -1.15. The van der Waals surface area contributed by atoms with Gasteiger partial charge < -0.3 is 20.6 Å². The molecule has 160 valence electrons. The van der Waals surface area contributed by atoms with Crippen molar-refractivity contribution in [2.45, 2.75) is 32.0 Å². The topological polar surface area (TPSA) is 128 Å². The first-order valence-electron chi connectivity index (χ1n) is 9.61. The van der Waals surface area contributed by atoms with Crippen LogP contribution in [-0.4, -0.2) is 39.8 Å². The molecule has 1 fully saturated rings. The number of phenolic OH excluding ortho intramolecular Hbond substituents is 1. The van der Waals surface area contributed by atoms with Gasteiger partial charge in [-0.2, -0.15) is 0 Å². The molecule has 2 aliphatic heterocycles. The van der Waals surface area contributed by atoms with Gasteiger partial charge in [0.2, 0.25) is 11.8 Å². The highest BCUT2D eigenvalue weighted by molar-refractivity contribution is 6.31. The van der Waals surface area contributed by atoms with Crippen molar-refractivity contribution in [3.8, 4) is 5.75 Å². The summed E-state index contributed by atoms with van der Waals surface area (Å²) < 4.78 is 0. The standard InChI is InChI=1S/C21H19ClN4O5/c22-13-2-5-17(27)15(8-13)24-21(31)23-9-11-1-3-14-12(7-11)10-26(20(14)30)16-4-6-18(28)25-19(16)29/h1-3,5,7-8,16,27H,4,6,9-10H2,(H2,23,24,31)(H,25,28,29). The Balaban J connectivity index is 1.39. The zero-order valence-corrected chi connectivity index (χ0v) is 17.0. The largest absolute Gasteiger partial charge is 0.506 e. The molecular weight excluding hydrogens is 424 g/mol. The summed E-state index contributed by atoms with van der Waals surface area (Å²) >= 11 is 5.87. The van der Waals surface area contributed by atoms with Crippen molar-refractivity contribution >= 4 is 41.0 Å². The van der Waals surface area contributed by atoms with Crippen LogP contribution in [0.5, 0.6) is 5.75 Å². The molecule has 2 aliphatic rings. The van der Waals surface area contributed by atoms with E-state index in [9.17, 15) is 24.3 Å². The Hall–Kier alpha value is -3.59. The molecule has 1 unspecified atom stereocenters. The third-order valence-electron chi connectivity index (χ3n) is 5.25. The van der Waals surface area contributed by atoms with Crippen molar-refractivity contribution in [2.75, 3.05) is 5.32 Å². The average molecular weight is 443 g/mol. The molecule has 0 spiro atoms. The molecule has 4 rings (SSSR count). The van der Waals surface area contributed by atoms with Gasteiger partial charge in [-0.05, 0) is 41.8 Å². The van der Waals surface area contributed by atoms with E-state index in [0.717, 1.165) is 11.1 Å². The van der Waals surface area contributed by atoms with Crippen molar-refractivity contribution in [1.82, 2.24) is 15.5 Å². The first-order valence-corrected chi connectivity index (χ1v) is 9.99. The fraction of sp³-hybridized carbons (Fsp3) is 0.238. The van der Waals surface area contributed by atoms with E-state index in [2.05, 4.69) is 16.0 Å². The SMILES string of the molecule is O=C1CCC(N2Cc3cc(CNC(=O)Nc4cc(Cl)ccc4O)ccc3C2=O)C(=O)N1. The number of hydrogen-bond donors (Lipinski definition) is 4. The molecule has 0 radical (unpaired) electrons. The average Bonchev–Trinajstić information content (AvgIpc) is 3.05. The van der Waals surface area contributed by atoms with E-state index in [0.29, 0.717) is 17.0 Å². The number of piperidine rings is 1. The summed E-state index contributed by atoms with van der Waals surface area (Å²) in [6.07, 6.45) is 0.498. The van der Waals surface area contributed by atoms with E-state index < -0.39 is 18.0 Å². The number of halogens is 1. The molecular formula is C21H19ClN4O5. The molecule has 0 aliphatic carbocycles. The zero-order valence-electron chi connectivity index (χ0n) is 16.3. The van der Waals surface area contributed by atoms with Crippen LogP contribution in [0.4, 0.5) is 10.5 Å². The van der Waals surface area contributed by atoms with E-state index in [-0.39, 0.29) is 42.8 Å². The number of carbonyl (C=O) groups is 4. The monoisotopic (exact) mass is 442 g/mol. The number of imide groups is 1. The molecule has 0 saturated carbocycles. The fourth-order valence-electron chi connectivity index (χ4n) is 3.69. The van der Waals surface area contributed by atoms with Gasteiger partial charge in [-0.25, -0.2) is 4.79 Å². The van der Waals surface area contributed by atoms with Crippen molar-refractivity contribution < 1.29 is 24.3 Å². The Morgan fingerprint density at radius 3 is 2.77 bits per heavy atom. The lowest BCUT2D eigenvalue weighted by Crippen LogP contribution is -2.52. The second kappa shape index (κ2) is 8.27. The van der Waals surface area contributed by atoms with Crippen molar-refractivity contribution in [3.63, 3.8) is 0 Å². The summed E-state index contributed by atoms with van der Waals surface area (Å²) in [5.41, 5.74) is 2.20. The lowest BCUT2D eigenvalue weighted by Gasteiger charge is -2.29. The van der Waals surface area contributed by atoms with Crippen LogP contribution < -0.4 is 16.0 Å². The third kappa shape index (κ3) is 4.31. The molecule has 2 heterocycles. The Morgan fingerprint density at radius 2 is 2.00 bits per heavy atom. The van der Waals surface area contributed by atoms with Crippen molar-refractivity contribution in [2.24, 2.45) is 0 Å². The maximum absolute atomic E-state index is 12.7. The first kappa shape index (κ1) is 20.7. The predicted octanol–water partition coefficient (Wildman–Crippen LogP) is 2.13. The molecule has 2 aromatic rings. The van der Waals surface area contributed by atoms with Gasteiger partial charge in [-0.1, -0.05) is 23.7 Å². The molecule has 0 bridgehead atoms. The van der Waals surface area contributed by atoms with Crippen LogP contribution in [0.3, 0.4) is 0 Å². The maximum atomic E-state index is 12.7. The number of benzene rings is 2. The van der Waals surface area contributed by atoms with E-state index in [1.54, 1.807) is 18.2 Å². The number of nitrogens with one attached hydrogen (secondary N) is 3. The lowest BCUT2D eigenvalue weighted by atomic mass is 10.0. The predicted molar refractivity (Wildman–Crippen MR) is 111 cm³/mol. The summed E-state index contributed by atoms with van der Waals surface area (Å²) in [4.78, 5) is 49.8. The van der Waals surface area contributed by atoms with Crippen LogP contribution in [0.1, 0.15) is 34.3 Å². The summed E-state index contributed by atoms with van der Waals surface area (Å²) in [7, 11) is 0. The zero-order chi connectivity index (χ0) is 22.1. The molecule has 5 amide bonds. The Kier molecular flexibility index (Phi) is 5.51. The highest BCUT2D eigenvalue weighted by Gasteiger charge is 2.39. The Morgan fingerprint density at radius 1 is 1.19 bits per heavy atom. The van der Waals surface area contributed by atoms with Crippen LogP contribution in [0.25, 0.3) is 0 Å². The minimum Gasteiger partial charge on any atom is -0.506 e. The number of rotatable bonds is 4. The van der Waals surface area contributed by atoms with Gasteiger partial charge in [0.15, 0.2) is 0 Å². The van der Waals surface area contributed by atoms with E-state index in [1.807, 2.05) is 0 Å². The minimum absolute atomic E-state index is 0.107. The number of amides is 5. The number of fused-ring (bicyclic) bond motifs is 1. The quantitative estimate of drug-likeness (QED) is 0.426. The minimum atomic E-state index is -0.671. The number of aromatic hydroxyl groups is 1. The first-order chi connectivity index (χ1) is 14.8. The van der Waals surface area contributed by atoms with Gasteiger partial charge in [0.1, 0.15) is 11.8 Å². The number of hydrogen-bond acceptors (Lipinski definition) is 5. The van der Waals surface area contributed by atoms with Gasteiger partial charge >= 0.3 is 6.03 Å². The molecule has 31 heavy (non-hydrogen) atoms. The van der Waals surface area contributed by atoms with Crippen molar-refractivity contribution in [1.29, 1.82) is 0 Å². The second-order valence-electron chi connectivity index (χ2n) is 7.36. The van der Waals surface area contributed by atoms with E-state index in [1.165, 1.54) is 23.1 Å². The van der Waals surface area contributed by atoms with Crippen molar-refractivity contribution in [3.05, 3.63) is 58.1 Å². The molecule has 0 aromatic heterocycles. The highest BCUT2D eigenvalue weighted by atomic mass is 35.5. The van der Waals surface area contributed by atoms with Crippen LogP contribution in [0.2, 0.25) is 5.02 Å². The summed E-state index contributed by atoms with van der Waals surface area (Å²) in [5, 5.41) is 17.6. The van der Waals surface area contributed by atoms with Crippen LogP contribution >= 0.6 is 11.6 Å². The number of urea groups is 1. The number of nitrogens with zero attached hydrogens (tertiary/aromatic N) is 1. The van der Waals surface area contributed by atoms with E-state index >= 15 is 0 Å².